The van der Waals surface area contributed by atoms with E-state index in [0.29, 0.717) is 5.75 Å². The summed E-state index contributed by atoms with van der Waals surface area (Å²) in [5, 5.41) is 16.7. The summed E-state index contributed by atoms with van der Waals surface area (Å²) < 4.78 is 33.3. The first-order valence-corrected chi connectivity index (χ1v) is 3.43. The Balaban J connectivity index is 0. The van der Waals surface area contributed by atoms with Crippen molar-refractivity contribution in [3.8, 4) is 5.75 Å². The van der Waals surface area contributed by atoms with Gasteiger partial charge in [-0.05, 0) is 12.1 Å². The van der Waals surface area contributed by atoms with E-state index in [2.05, 4.69) is 4.65 Å². The second-order valence-electron chi connectivity index (χ2n) is 1.97. The van der Waals surface area contributed by atoms with Gasteiger partial charge in [-0.3, -0.25) is 0 Å². The zero-order valence-electron chi connectivity index (χ0n) is 7.90. The summed E-state index contributed by atoms with van der Waals surface area (Å²) in [4.78, 5) is 0. The fraction of sp³-hybridized carbons (Fsp3) is 0. The van der Waals surface area contributed by atoms with Crippen LogP contribution in [0.5, 0.6) is 5.75 Å². The molecule has 0 spiro atoms. The van der Waals surface area contributed by atoms with Crippen LogP contribution >= 0.6 is 0 Å². The van der Waals surface area contributed by atoms with Gasteiger partial charge >= 0.3 is 36.9 Å². The van der Waals surface area contributed by atoms with Gasteiger partial charge in [-0.15, -0.1) is 0 Å². The van der Waals surface area contributed by atoms with Crippen LogP contribution in [0.1, 0.15) is 0 Å². The summed E-state index contributed by atoms with van der Waals surface area (Å²) in [6.45, 7) is -3.08. The molecule has 8 heteroatoms. The van der Waals surface area contributed by atoms with Crippen LogP contribution in [-0.4, -0.2) is 17.4 Å². The van der Waals surface area contributed by atoms with Crippen LogP contribution in [0.15, 0.2) is 30.3 Å². The Labute approximate surface area is 107 Å². The maximum absolute atomic E-state index is 9.58. The van der Waals surface area contributed by atoms with Crippen molar-refractivity contribution in [2.75, 3.05) is 0 Å². The van der Waals surface area contributed by atoms with Crippen molar-refractivity contribution in [1.82, 2.24) is 0 Å². The first-order chi connectivity index (χ1) is 6.52. The molecule has 15 heavy (non-hydrogen) atoms. The molecule has 1 aromatic carbocycles. The van der Waals surface area contributed by atoms with Gasteiger partial charge in [0.2, 0.25) is 0 Å². The molecule has 0 saturated heterocycles. The molecule has 0 aliphatic heterocycles. The molecule has 0 saturated carbocycles. The van der Waals surface area contributed by atoms with Crippen molar-refractivity contribution >= 4 is 7.32 Å². The van der Waals surface area contributed by atoms with E-state index in [1.165, 1.54) is 0 Å². The van der Waals surface area contributed by atoms with Crippen LogP contribution in [0.4, 0.5) is 13.2 Å². The molecule has 0 amide bonds. The number of para-hydroxylation sites is 1. The van der Waals surface area contributed by atoms with Crippen LogP contribution in [0.2, 0.25) is 0 Å². The fourth-order valence-electron chi connectivity index (χ4n) is 0.621. The van der Waals surface area contributed by atoms with E-state index in [4.69, 9.17) is 10.0 Å². The quantitative estimate of drug-likeness (QED) is 0.474. The van der Waals surface area contributed by atoms with Gasteiger partial charge in [0.15, 0.2) is 6.68 Å². The molecule has 3 nitrogen and oxygen atoms in total. The number of benzene rings is 1. The Kier molecular flexibility index (Phi) is 11.8. The molecule has 0 aliphatic carbocycles. The van der Waals surface area contributed by atoms with E-state index < -0.39 is 14.0 Å². The summed E-state index contributed by atoms with van der Waals surface area (Å²) in [6, 6.07) is 8.59. The second-order valence-corrected chi connectivity index (χ2v) is 1.97. The third-order valence-electron chi connectivity index (χ3n) is 0.985. The normalized spacial score (nSPS) is 8.40. The van der Waals surface area contributed by atoms with Crippen LogP contribution in [0.25, 0.3) is 0 Å². The average molecular weight is 230 g/mol. The van der Waals surface area contributed by atoms with Crippen LogP contribution in [0.3, 0.4) is 0 Å². The monoisotopic (exact) mass is 230 g/mol. The van der Waals surface area contributed by atoms with Gasteiger partial charge in [0, 0.05) is 0 Å². The molecule has 0 fully saturated rings. The molecule has 0 aromatic heterocycles. The molecule has 0 unspecified atom stereocenters. The van der Waals surface area contributed by atoms with Gasteiger partial charge in [0.25, 0.3) is 0 Å². The van der Waals surface area contributed by atoms with Crippen LogP contribution < -0.4 is 34.2 Å². The predicted molar refractivity (Wildman–Crippen MR) is 43.8 cm³/mol. The SMILES string of the molecule is F[C-](F)F.OB(O)Oc1ccccc1.[Na+]. The van der Waals surface area contributed by atoms with Gasteiger partial charge in [-0.1, -0.05) is 18.2 Å². The molecule has 0 heterocycles. The average Bonchev–Trinajstić information content (AvgIpc) is 2.03. The zero-order chi connectivity index (χ0) is 11.0. The Morgan fingerprint density at radius 1 is 1.07 bits per heavy atom. The first-order valence-electron chi connectivity index (χ1n) is 3.43. The number of hydrogen-bond acceptors (Lipinski definition) is 3. The van der Waals surface area contributed by atoms with Gasteiger partial charge in [0.1, 0.15) is 5.75 Å². The number of rotatable bonds is 2. The summed E-state index contributed by atoms with van der Waals surface area (Å²) >= 11 is 0. The molecule has 0 atom stereocenters. The molecular weight excluding hydrogens is 223 g/mol. The molecule has 0 bridgehead atoms. The van der Waals surface area contributed by atoms with E-state index in [1.807, 2.05) is 6.07 Å². The third kappa shape index (κ3) is 13.8. The minimum Gasteiger partial charge on any atom is -0.512 e. The van der Waals surface area contributed by atoms with E-state index in [0.717, 1.165) is 0 Å². The fourth-order valence-corrected chi connectivity index (χ4v) is 0.621. The van der Waals surface area contributed by atoms with Gasteiger partial charge in [-0.2, -0.15) is 0 Å². The minimum atomic E-state index is -3.08. The Bertz CT molecular complexity index is 235. The summed E-state index contributed by atoms with van der Waals surface area (Å²) in [7, 11) is -1.73. The molecule has 2 N–H and O–H groups in total. The third-order valence-corrected chi connectivity index (χ3v) is 0.985. The van der Waals surface area contributed by atoms with Crippen molar-refractivity contribution < 1.29 is 57.4 Å². The van der Waals surface area contributed by atoms with Gasteiger partial charge in [-0.25, -0.2) is 0 Å². The second kappa shape index (κ2) is 10.3. The summed E-state index contributed by atoms with van der Waals surface area (Å²) in [5.74, 6) is 0.442. The molecular formula is C7H7BF3NaO3. The number of hydrogen-bond donors (Lipinski definition) is 2. The van der Waals surface area contributed by atoms with E-state index in [1.54, 1.807) is 24.3 Å². The van der Waals surface area contributed by atoms with Crippen LogP contribution in [0, 0.1) is 6.68 Å². The molecule has 78 valence electrons. The minimum absolute atomic E-state index is 0. The Hall–Kier alpha value is -0.205. The van der Waals surface area contributed by atoms with Crippen molar-refractivity contribution in [3.05, 3.63) is 37.0 Å². The molecule has 0 aliphatic rings. The van der Waals surface area contributed by atoms with Crippen molar-refractivity contribution in [2.45, 2.75) is 0 Å². The van der Waals surface area contributed by atoms with Crippen molar-refractivity contribution in [3.63, 3.8) is 0 Å². The molecule has 0 radical (unpaired) electrons. The Morgan fingerprint density at radius 2 is 1.47 bits per heavy atom. The first kappa shape index (κ1) is 17.2. The number of halogens is 3. The predicted octanol–water partition coefficient (Wildman–Crippen LogP) is -1.62. The van der Waals surface area contributed by atoms with E-state index >= 15 is 0 Å². The topological polar surface area (TPSA) is 49.7 Å². The van der Waals surface area contributed by atoms with E-state index in [9.17, 15) is 13.2 Å². The smallest absolute Gasteiger partial charge is 0.512 e. The molecule has 1 rings (SSSR count). The Morgan fingerprint density at radius 3 is 1.80 bits per heavy atom. The maximum atomic E-state index is 9.58. The molecule has 1 aromatic rings. The van der Waals surface area contributed by atoms with Crippen molar-refractivity contribution in [1.29, 1.82) is 0 Å². The van der Waals surface area contributed by atoms with Crippen molar-refractivity contribution in [2.24, 2.45) is 0 Å². The summed E-state index contributed by atoms with van der Waals surface area (Å²) in [5.41, 5.74) is 0. The van der Waals surface area contributed by atoms with E-state index in [-0.39, 0.29) is 29.6 Å². The zero-order valence-corrected chi connectivity index (χ0v) is 9.90. The van der Waals surface area contributed by atoms with Gasteiger partial charge in [0.05, 0.1) is 0 Å². The van der Waals surface area contributed by atoms with Gasteiger partial charge < -0.3 is 27.9 Å². The standard InChI is InChI=1S/C6H7BO3.CF3.Na/c8-7(9)10-6-4-2-1-3-5-6;2-1(3)4;/h1-5,8-9H;;/q;-1;+1. The summed E-state index contributed by atoms with van der Waals surface area (Å²) in [6.07, 6.45) is 0. The van der Waals surface area contributed by atoms with Crippen LogP contribution in [-0.2, 0) is 0 Å². The largest absolute Gasteiger partial charge is 1.00 e. The maximum Gasteiger partial charge on any atom is 1.00 e.